The van der Waals surface area contributed by atoms with Crippen molar-refractivity contribution in [3.63, 3.8) is 0 Å². The van der Waals surface area contributed by atoms with E-state index in [0.29, 0.717) is 6.54 Å². The normalized spacial score (nSPS) is 10.8. The van der Waals surface area contributed by atoms with Gasteiger partial charge in [-0.1, -0.05) is 62.7 Å². The topological polar surface area (TPSA) is 25.2 Å². The van der Waals surface area contributed by atoms with Crippen molar-refractivity contribution in [2.24, 2.45) is 0 Å². The van der Waals surface area contributed by atoms with Crippen LogP contribution in [-0.2, 0) is 19.5 Å². The van der Waals surface area contributed by atoms with Crippen molar-refractivity contribution < 1.29 is 4.79 Å². The Morgan fingerprint density at radius 3 is 2.31 bits per heavy atom. The fraction of sp³-hybridized carbons (Fsp3) is 0.346. The van der Waals surface area contributed by atoms with Crippen LogP contribution in [0.25, 0.3) is 0 Å². The Bertz CT molecular complexity index is 881. The highest BCUT2D eigenvalue weighted by Gasteiger charge is 2.17. The van der Waals surface area contributed by atoms with E-state index >= 15 is 0 Å². The van der Waals surface area contributed by atoms with E-state index in [1.165, 1.54) is 24.0 Å². The lowest BCUT2D eigenvalue weighted by atomic mass is 10.1. The van der Waals surface area contributed by atoms with Gasteiger partial charge in [-0.15, -0.1) is 0 Å². The van der Waals surface area contributed by atoms with Crippen LogP contribution >= 0.6 is 0 Å². The first kappa shape index (κ1) is 20.9. The first-order chi connectivity index (χ1) is 14.2. The summed E-state index contributed by atoms with van der Waals surface area (Å²) >= 11 is 0. The molecule has 0 fully saturated rings. The summed E-state index contributed by atoms with van der Waals surface area (Å²) in [6.45, 7) is 6.53. The number of unbranched alkanes of at least 4 members (excludes halogenated alkanes) is 1. The van der Waals surface area contributed by atoms with Gasteiger partial charge in [0.1, 0.15) is 0 Å². The van der Waals surface area contributed by atoms with Crippen molar-refractivity contribution in [3.05, 3.63) is 95.3 Å². The second-order valence-electron chi connectivity index (χ2n) is 7.64. The minimum absolute atomic E-state index is 0.112. The number of carbonyl (C=O) groups is 1. The van der Waals surface area contributed by atoms with Gasteiger partial charge in [0.25, 0.3) is 5.91 Å². The van der Waals surface area contributed by atoms with Gasteiger partial charge >= 0.3 is 0 Å². The van der Waals surface area contributed by atoms with Crippen molar-refractivity contribution in [2.75, 3.05) is 6.54 Å². The van der Waals surface area contributed by atoms with Gasteiger partial charge in [-0.25, -0.2) is 0 Å². The molecule has 1 aromatic heterocycles. The van der Waals surface area contributed by atoms with E-state index < -0.39 is 0 Å². The molecule has 0 saturated heterocycles. The minimum atomic E-state index is 0.112. The summed E-state index contributed by atoms with van der Waals surface area (Å²) in [4.78, 5) is 15.1. The third-order valence-electron chi connectivity index (χ3n) is 5.27. The molecule has 0 aliphatic carbocycles. The molecule has 0 radical (unpaired) electrons. The number of aryl methyl sites for hydroxylation is 1. The quantitative estimate of drug-likeness (QED) is 0.422. The first-order valence-corrected chi connectivity index (χ1v) is 10.8. The van der Waals surface area contributed by atoms with Crippen LogP contribution in [0.5, 0.6) is 0 Å². The largest absolute Gasteiger partial charge is 0.345 e. The number of rotatable bonds is 10. The number of benzene rings is 2. The van der Waals surface area contributed by atoms with Crippen molar-refractivity contribution in [1.82, 2.24) is 9.47 Å². The Hall–Kier alpha value is -2.81. The van der Waals surface area contributed by atoms with Crippen LogP contribution in [0.3, 0.4) is 0 Å². The third-order valence-corrected chi connectivity index (χ3v) is 5.27. The average Bonchev–Trinajstić information content (AvgIpc) is 3.19. The van der Waals surface area contributed by atoms with E-state index in [1.807, 2.05) is 23.1 Å². The molecule has 0 spiro atoms. The second kappa shape index (κ2) is 10.7. The van der Waals surface area contributed by atoms with E-state index in [1.54, 1.807) is 0 Å². The zero-order valence-electron chi connectivity index (χ0n) is 17.7. The monoisotopic (exact) mass is 388 g/mol. The van der Waals surface area contributed by atoms with Crippen molar-refractivity contribution in [1.29, 1.82) is 0 Å². The molecule has 152 valence electrons. The number of carbonyl (C=O) groups excluding carboxylic acids is 1. The summed E-state index contributed by atoms with van der Waals surface area (Å²) in [5, 5.41) is 0. The summed E-state index contributed by atoms with van der Waals surface area (Å²) in [5.74, 6) is 0.112. The SMILES string of the molecule is CCCCc1ccc(C(=O)N(CCC)Cc2cccn2Cc2ccccc2)cc1. The Balaban J connectivity index is 1.72. The molecule has 2 aromatic carbocycles. The first-order valence-electron chi connectivity index (χ1n) is 10.8. The number of hydrogen-bond acceptors (Lipinski definition) is 1. The maximum atomic E-state index is 13.2. The molecule has 0 saturated carbocycles. The summed E-state index contributed by atoms with van der Waals surface area (Å²) in [6.07, 6.45) is 6.50. The van der Waals surface area contributed by atoms with E-state index in [9.17, 15) is 4.79 Å². The summed E-state index contributed by atoms with van der Waals surface area (Å²) in [5.41, 5.74) is 4.51. The van der Waals surface area contributed by atoms with E-state index in [2.05, 4.69) is 73.1 Å². The zero-order chi connectivity index (χ0) is 20.5. The Labute approximate surface area is 175 Å². The number of hydrogen-bond donors (Lipinski definition) is 0. The zero-order valence-corrected chi connectivity index (χ0v) is 17.7. The lowest BCUT2D eigenvalue weighted by molar-refractivity contribution is 0.0739. The number of aromatic nitrogens is 1. The van der Waals surface area contributed by atoms with Gasteiger partial charge in [-0.05, 0) is 54.7 Å². The van der Waals surface area contributed by atoms with E-state index in [4.69, 9.17) is 0 Å². The minimum Gasteiger partial charge on any atom is -0.345 e. The predicted octanol–water partition coefficient (Wildman–Crippen LogP) is 5.93. The fourth-order valence-electron chi connectivity index (χ4n) is 3.62. The Kier molecular flexibility index (Phi) is 7.69. The summed E-state index contributed by atoms with van der Waals surface area (Å²) < 4.78 is 2.24. The molecule has 0 unspecified atom stereocenters. The van der Waals surface area contributed by atoms with Crippen molar-refractivity contribution in [3.8, 4) is 0 Å². The molecule has 3 aromatic rings. The standard InChI is InChI=1S/C26H32N2O/c1-3-5-10-22-14-16-24(17-15-22)26(29)28(18-4-2)21-25-13-9-19-27(25)20-23-11-7-6-8-12-23/h6-9,11-17,19H,3-5,10,18,20-21H2,1-2H3. The molecule has 1 amide bonds. The lowest BCUT2D eigenvalue weighted by Crippen LogP contribution is -2.32. The van der Waals surface area contributed by atoms with E-state index in [0.717, 1.165) is 37.2 Å². The van der Waals surface area contributed by atoms with Crippen LogP contribution in [0, 0.1) is 0 Å². The van der Waals surface area contributed by atoms with Crippen LogP contribution in [0.4, 0.5) is 0 Å². The van der Waals surface area contributed by atoms with Gasteiger partial charge in [0.2, 0.25) is 0 Å². The molecule has 1 heterocycles. The van der Waals surface area contributed by atoms with Crippen LogP contribution in [-0.4, -0.2) is 21.9 Å². The molecule has 0 N–H and O–H groups in total. The van der Waals surface area contributed by atoms with Crippen LogP contribution in [0.2, 0.25) is 0 Å². The maximum Gasteiger partial charge on any atom is 0.254 e. The Morgan fingerprint density at radius 2 is 1.62 bits per heavy atom. The fourth-order valence-corrected chi connectivity index (χ4v) is 3.62. The Morgan fingerprint density at radius 1 is 0.862 bits per heavy atom. The van der Waals surface area contributed by atoms with Gasteiger partial charge in [0, 0.05) is 30.5 Å². The number of amides is 1. The molecule has 3 rings (SSSR count). The average molecular weight is 389 g/mol. The van der Waals surface area contributed by atoms with Gasteiger partial charge < -0.3 is 9.47 Å². The molecule has 0 aliphatic heterocycles. The van der Waals surface area contributed by atoms with Crippen LogP contribution < -0.4 is 0 Å². The van der Waals surface area contributed by atoms with Crippen LogP contribution in [0.1, 0.15) is 60.3 Å². The van der Waals surface area contributed by atoms with Crippen molar-refractivity contribution in [2.45, 2.75) is 52.6 Å². The summed E-state index contributed by atoms with van der Waals surface area (Å²) in [7, 11) is 0. The van der Waals surface area contributed by atoms with Gasteiger partial charge in [0.05, 0.1) is 6.54 Å². The van der Waals surface area contributed by atoms with Gasteiger partial charge in [-0.2, -0.15) is 0 Å². The molecule has 0 bridgehead atoms. The molecular formula is C26H32N2O. The summed E-state index contributed by atoms with van der Waals surface area (Å²) in [6, 6.07) is 22.8. The van der Waals surface area contributed by atoms with Crippen molar-refractivity contribution >= 4 is 5.91 Å². The molecule has 29 heavy (non-hydrogen) atoms. The maximum absolute atomic E-state index is 13.2. The highest BCUT2D eigenvalue weighted by Crippen LogP contribution is 2.15. The van der Waals surface area contributed by atoms with Gasteiger partial charge in [0.15, 0.2) is 0 Å². The third kappa shape index (κ3) is 5.83. The second-order valence-corrected chi connectivity index (χ2v) is 7.64. The highest BCUT2D eigenvalue weighted by atomic mass is 16.2. The molecule has 0 aliphatic rings. The lowest BCUT2D eigenvalue weighted by Gasteiger charge is -2.23. The molecular weight excluding hydrogens is 356 g/mol. The van der Waals surface area contributed by atoms with E-state index in [-0.39, 0.29) is 5.91 Å². The molecule has 3 heteroatoms. The predicted molar refractivity (Wildman–Crippen MR) is 120 cm³/mol. The van der Waals surface area contributed by atoms with Crippen LogP contribution in [0.15, 0.2) is 72.9 Å². The number of nitrogens with zero attached hydrogens (tertiary/aromatic N) is 2. The smallest absolute Gasteiger partial charge is 0.254 e. The molecule has 3 nitrogen and oxygen atoms in total. The van der Waals surface area contributed by atoms with Gasteiger partial charge in [-0.3, -0.25) is 4.79 Å². The highest BCUT2D eigenvalue weighted by molar-refractivity contribution is 5.94. The molecule has 0 atom stereocenters.